The van der Waals surface area contributed by atoms with E-state index < -0.39 is 6.04 Å². The molecule has 0 saturated heterocycles. The highest BCUT2D eigenvalue weighted by atomic mass is 16.3. The minimum Gasteiger partial charge on any atom is -0.508 e. The molecule has 1 aromatic rings. The van der Waals surface area contributed by atoms with Crippen LogP contribution in [0.4, 0.5) is 5.69 Å². The Kier molecular flexibility index (Phi) is 4.31. The Morgan fingerprint density at radius 3 is 2.81 bits per heavy atom. The molecule has 0 aliphatic carbocycles. The fourth-order valence-electron chi connectivity index (χ4n) is 1.46. The number of benzene rings is 1. The van der Waals surface area contributed by atoms with Crippen LogP contribution in [-0.4, -0.2) is 17.1 Å². The molecule has 1 rings (SSSR count). The average molecular weight is 222 g/mol. The summed E-state index contributed by atoms with van der Waals surface area (Å²) < 4.78 is 0. The molecule has 0 aliphatic rings. The Balaban J connectivity index is 2.69. The molecule has 16 heavy (non-hydrogen) atoms. The van der Waals surface area contributed by atoms with E-state index in [1.54, 1.807) is 12.1 Å². The second-order valence-electron chi connectivity index (χ2n) is 3.88. The standard InChI is InChI=1S/C12H18N2O2/c1-3-4-10(13)12(16)14-11-6-5-9(15)7-8(11)2/h5-7,10,15H,3-4,13H2,1-2H3,(H,14,16). The number of hydrogen-bond acceptors (Lipinski definition) is 3. The summed E-state index contributed by atoms with van der Waals surface area (Å²) in [5, 5.41) is 12.0. The Labute approximate surface area is 95.5 Å². The third-order valence-corrected chi connectivity index (χ3v) is 2.40. The van der Waals surface area contributed by atoms with Crippen molar-refractivity contribution in [1.29, 1.82) is 0 Å². The molecule has 4 heteroatoms. The van der Waals surface area contributed by atoms with Crippen molar-refractivity contribution in [3.63, 3.8) is 0 Å². The lowest BCUT2D eigenvalue weighted by Crippen LogP contribution is -2.35. The van der Waals surface area contributed by atoms with Crippen molar-refractivity contribution in [2.24, 2.45) is 5.73 Å². The fraction of sp³-hybridized carbons (Fsp3) is 0.417. The van der Waals surface area contributed by atoms with Gasteiger partial charge in [0.15, 0.2) is 0 Å². The van der Waals surface area contributed by atoms with Crippen LogP contribution in [0.3, 0.4) is 0 Å². The predicted molar refractivity (Wildman–Crippen MR) is 64.4 cm³/mol. The van der Waals surface area contributed by atoms with Crippen LogP contribution in [0.5, 0.6) is 5.75 Å². The number of carbonyl (C=O) groups excluding carboxylic acids is 1. The van der Waals surface area contributed by atoms with Crippen LogP contribution in [0.2, 0.25) is 0 Å². The van der Waals surface area contributed by atoms with Crippen molar-refractivity contribution >= 4 is 11.6 Å². The van der Waals surface area contributed by atoms with Gasteiger partial charge in [0.1, 0.15) is 5.75 Å². The molecule has 88 valence electrons. The quantitative estimate of drug-likeness (QED) is 0.679. The molecular formula is C12H18N2O2. The number of aryl methyl sites for hydroxylation is 1. The van der Waals surface area contributed by atoms with Gasteiger partial charge in [0.2, 0.25) is 5.91 Å². The molecule has 1 amide bonds. The number of phenols is 1. The van der Waals surface area contributed by atoms with Crippen molar-refractivity contribution in [2.45, 2.75) is 32.7 Å². The molecule has 0 spiro atoms. The largest absolute Gasteiger partial charge is 0.508 e. The van der Waals surface area contributed by atoms with Crippen LogP contribution < -0.4 is 11.1 Å². The maximum absolute atomic E-state index is 11.6. The number of carbonyl (C=O) groups is 1. The third kappa shape index (κ3) is 3.24. The molecule has 0 fully saturated rings. The third-order valence-electron chi connectivity index (χ3n) is 2.40. The van der Waals surface area contributed by atoms with E-state index >= 15 is 0 Å². The van der Waals surface area contributed by atoms with E-state index in [4.69, 9.17) is 5.73 Å². The number of aromatic hydroxyl groups is 1. The Hall–Kier alpha value is -1.55. The van der Waals surface area contributed by atoms with E-state index in [2.05, 4.69) is 5.32 Å². The highest BCUT2D eigenvalue weighted by Gasteiger charge is 2.13. The maximum Gasteiger partial charge on any atom is 0.241 e. The van der Waals surface area contributed by atoms with Gasteiger partial charge in [-0.25, -0.2) is 0 Å². The minimum absolute atomic E-state index is 0.185. The first-order valence-corrected chi connectivity index (χ1v) is 5.40. The maximum atomic E-state index is 11.6. The number of anilines is 1. The van der Waals surface area contributed by atoms with E-state index in [0.717, 1.165) is 12.0 Å². The van der Waals surface area contributed by atoms with E-state index in [9.17, 15) is 9.90 Å². The Morgan fingerprint density at radius 1 is 1.56 bits per heavy atom. The van der Waals surface area contributed by atoms with Gasteiger partial charge < -0.3 is 16.2 Å². The number of hydrogen-bond donors (Lipinski definition) is 3. The predicted octanol–water partition coefficient (Wildman–Crippen LogP) is 1.77. The van der Waals surface area contributed by atoms with Gasteiger partial charge in [-0.1, -0.05) is 13.3 Å². The van der Waals surface area contributed by atoms with Crippen LogP contribution in [0.15, 0.2) is 18.2 Å². The average Bonchev–Trinajstić information content (AvgIpc) is 2.22. The number of nitrogens with two attached hydrogens (primary N) is 1. The minimum atomic E-state index is -0.474. The van der Waals surface area contributed by atoms with Crippen LogP contribution in [-0.2, 0) is 4.79 Å². The lowest BCUT2D eigenvalue weighted by Gasteiger charge is -2.13. The molecule has 1 unspecified atom stereocenters. The smallest absolute Gasteiger partial charge is 0.241 e. The first-order valence-electron chi connectivity index (χ1n) is 5.40. The topological polar surface area (TPSA) is 75.4 Å². The molecule has 0 heterocycles. The number of amides is 1. The molecule has 0 aromatic heterocycles. The monoisotopic (exact) mass is 222 g/mol. The zero-order valence-corrected chi connectivity index (χ0v) is 9.66. The van der Waals surface area contributed by atoms with Crippen LogP contribution >= 0.6 is 0 Å². The highest BCUT2D eigenvalue weighted by Crippen LogP contribution is 2.20. The van der Waals surface area contributed by atoms with Gasteiger partial charge in [0, 0.05) is 5.69 Å². The normalized spacial score (nSPS) is 12.2. The second kappa shape index (κ2) is 5.51. The van der Waals surface area contributed by atoms with Gasteiger partial charge in [-0.15, -0.1) is 0 Å². The molecule has 0 radical (unpaired) electrons. The lowest BCUT2D eigenvalue weighted by atomic mass is 10.1. The van der Waals surface area contributed by atoms with Crippen LogP contribution in [0.25, 0.3) is 0 Å². The van der Waals surface area contributed by atoms with Gasteiger partial charge in [-0.2, -0.15) is 0 Å². The molecule has 0 saturated carbocycles. The Morgan fingerprint density at radius 2 is 2.25 bits per heavy atom. The lowest BCUT2D eigenvalue weighted by molar-refractivity contribution is -0.117. The number of phenolic OH excluding ortho intramolecular Hbond substituents is 1. The first-order chi connectivity index (χ1) is 7.54. The summed E-state index contributed by atoms with van der Waals surface area (Å²) in [4.78, 5) is 11.6. The zero-order valence-electron chi connectivity index (χ0n) is 9.66. The van der Waals surface area contributed by atoms with Gasteiger partial charge in [0.25, 0.3) is 0 Å². The SMILES string of the molecule is CCCC(N)C(=O)Nc1ccc(O)cc1C. The van der Waals surface area contributed by atoms with E-state index in [1.807, 2.05) is 13.8 Å². The summed E-state index contributed by atoms with van der Waals surface area (Å²) in [5.41, 5.74) is 7.20. The summed E-state index contributed by atoms with van der Waals surface area (Å²) >= 11 is 0. The zero-order chi connectivity index (χ0) is 12.1. The van der Waals surface area contributed by atoms with E-state index in [-0.39, 0.29) is 11.7 Å². The summed E-state index contributed by atoms with van der Waals surface area (Å²) in [7, 11) is 0. The number of rotatable bonds is 4. The molecule has 1 atom stereocenters. The Bertz CT molecular complexity index is 377. The van der Waals surface area contributed by atoms with E-state index in [0.29, 0.717) is 12.1 Å². The molecule has 4 nitrogen and oxygen atoms in total. The van der Waals surface area contributed by atoms with Crippen molar-refractivity contribution in [3.8, 4) is 5.75 Å². The molecule has 1 aromatic carbocycles. The van der Waals surface area contributed by atoms with Gasteiger partial charge in [0.05, 0.1) is 6.04 Å². The number of nitrogens with one attached hydrogen (secondary N) is 1. The van der Waals surface area contributed by atoms with Crippen molar-refractivity contribution in [1.82, 2.24) is 0 Å². The molecule has 4 N–H and O–H groups in total. The summed E-state index contributed by atoms with van der Waals surface area (Å²) in [6, 6.07) is 4.33. The van der Waals surface area contributed by atoms with Gasteiger partial charge in [-0.3, -0.25) is 4.79 Å². The van der Waals surface area contributed by atoms with Gasteiger partial charge in [-0.05, 0) is 37.1 Å². The van der Waals surface area contributed by atoms with Crippen LogP contribution in [0, 0.1) is 6.92 Å². The van der Waals surface area contributed by atoms with Crippen LogP contribution in [0.1, 0.15) is 25.3 Å². The first kappa shape index (κ1) is 12.5. The van der Waals surface area contributed by atoms with Gasteiger partial charge >= 0.3 is 0 Å². The van der Waals surface area contributed by atoms with Crippen molar-refractivity contribution < 1.29 is 9.90 Å². The second-order valence-corrected chi connectivity index (χ2v) is 3.88. The van der Waals surface area contributed by atoms with Crippen molar-refractivity contribution in [2.75, 3.05) is 5.32 Å². The fourth-order valence-corrected chi connectivity index (χ4v) is 1.46. The molecular weight excluding hydrogens is 204 g/mol. The molecule has 0 aliphatic heterocycles. The summed E-state index contributed by atoms with van der Waals surface area (Å²) in [5.74, 6) is 0.00370. The summed E-state index contributed by atoms with van der Waals surface area (Å²) in [6.07, 6.45) is 1.55. The summed E-state index contributed by atoms with van der Waals surface area (Å²) in [6.45, 7) is 3.81. The molecule has 0 bridgehead atoms. The van der Waals surface area contributed by atoms with Crippen molar-refractivity contribution in [3.05, 3.63) is 23.8 Å². The highest BCUT2D eigenvalue weighted by molar-refractivity contribution is 5.95. The van der Waals surface area contributed by atoms with E-state index in [1.165, 1.54) is 6.07 Å².